The van der Waals surface area contributed by atoms with Crippen LogP contribution >= 0.6 is 0 Å². The maximum Gasteiger partial charge on any atom is 0.203 e. The molecule has 0 aromatic heterocycles. The monoisotopic (exact) mass is 350 g/mol. The topological polar surface area (TPSA) is 43.4 Å². The van der Waals surface area contributed by atoms with Crippen LogP contribution in [0.25, 0.3) is 5.76 Å². The molecule has 25 heavy (non-hydrogen) atoms. The van der Waals surface area contributed by atoms with E-state index in [1.807, 2.05) is 60.7 Å². The molecule has 0 saturated carbocycles. The van der Waals surface area contributed by atoms with Gasteiger partial charge < -0.3 is 4.74 Å². The molecule has 0 heterocycles. The molecule has 0 amide bonds. The Kier molecular flexibility index (Phi) is 5.31. The molecule has 0 fully saturated rings. The highest BCUT2D eigenvalue weighted by molar-refractivity contribution is 7.94. The zero-order chi connectivity index (χ0) is 17.5. The molecule has 4 heteroatoms. The minimum Gasteiger partial charge on any atom is -0.488 e. The second-order valence-corrected chi connectivity index (χ2v) is 7.28. The summed E-state index contributed by atoms with van der Waals surface area (Å²) in [6.45, 7) is 0.297. The second-order valence-electron chi connectivity index (χ2n) is 5.48. The predicted molar refractivity (Wildman–Crippen MR) is 99.3 cm³/mol. The van der Waals surface area contributed by atoms with E-state index in [2.05, 4.69) is 0 Å². The molecular formula is C21H18O3S. The highest BCUT2D eigenvalue weighted by Gasteiger charge is 2.14. The summed E-state index contributed by atoms with van der Waals surface area (Å²) in [5.41, 5.74) is 1.69. The van der Waals surface area contributed by atoms with Crippen LogP contribution in [-0.4, -0.2) is 8.42 Å². The quantitative estimate of drug-likeness (QED) is 0.607. The van der Waals surface area contributed by atoms with Crippen molar-refractivity contribution in [1.82, 2.24) is 0 Å². The molecule has 0 aliphatic carbocycles. The molecule has 0 bridgehead atoms. The van der Waals surface area contributed by atoms with Gasteiger partial charge in [0, 0.05) is 5.56 Å². The number of hydrogen-bond acceptors (Lipinski definition) is 3. The van der Waals surface area contributed by atoms with Crippen molar-refractivity contribution >= 4 is 15.6 Å². The fourth-order valence-corrected chi connectivity index (χ4v) is 3.50. The van der Waals surface area contributed by atoms with Gasteiger partial charge in [0.2, 0.25) is 9.84 Å². The van der Waals surface area contributed by atoms with Crippen LogP contribution in [0.3, 0.4) is 0 Å². The van der Waals surface area contributed by atoms with E-state index in [0.29, 0.717) is 12.4 Å². The zero-order valence-corrected chi connectivity index (χ0v) is 14.4. The van der Waals surface area contributed by atoms with Gasteiger partial charge in [-0.05, 0) is 17.7 Å². The Morgan fingerprint density at radius 1 is 0.760 bits per heavy atom. The lowest BCUT2D eigenvalue weighted by Gasteiger charge is -2.11. The van der Waals surface area contributed by atoms with E-state index in [1.54, 1.807) is 30.3 Å². The number of rotatable bonds is 6. The molecule has 3 rings (SSSR count). The molecule has 126 valence electrons. The van der Waals surface area contributed by atoms with Crippen molar-refractivity contribution in [2.75, 3.05) is 0 Å². The van der Waals surface area contributed by atoms with Crippen molar-refractivity contribution in [2.24, 2.45) is 0 Å². The normalized spacial score (nSPS) is 11.9. The van der Waals surface area contributed by atoms with Gasteiger partial charge in [-0.1, -0.05) is 78.9 Å². The Balaban J connectivity index is 1.94. The number of hydrogen-bond donors (Lipinski definition) is 0. The van der Waals surface area contributed by atoms with Crippen LogP contribution in [0.5, 0.6) is 0 Å². The molecule has 3 aromatic rings. The van der Waals surface area contributed by atoms with Crippen molar-refractivity contribution in [2.45, 2.75) is 11.5 Å². The molecule has 0 radical (unpaired) electrons. The van der Waals surface area contributed by atoms with E-state index in [1.165, 1.54) is 5.41 Å². The first-order chi connectivity index (χ1) is 12.1. The Bertz CT molecular complexity index is 932. The van der Waals surface area contributed by atoms with Crippen LogP contribution in [0.2, 0.25) is 0 Å². The summed E-state index contributed by atoms with van der Waals surface area (Å²) < 4.78 is 31.2. The molecule has 0 saturated heterocycles. The zero-order valence-electron chi connectivity index (χ0n) is 13.6. The highest BCUT2D eigenvalue weighted by Crippen LogP contribution is 2.22. The smallest absolute Gasteiger partial charge is 0.203 e. The standard InChI is InChI=1S/C21H18O3S/c22-25(23,20-14-8-3-9-15-20)17-21(19-12-6-2-7-13-19)24-16-18-10-4-1-5-11-18/h1-15,17H,16H2/b21-17-. The van der Waals surface area contributed by atoms with Gasteiger partial charge in [-0.25, -0.2) is 8.42 Å². The van der Waals surface area contributed by atoms with Crippen molar-refractivity contribution in [1.29, 1.82) is 0 Å². The van der Waals surface area contributed by atoms with Crippen molar-refractivity contribution < 1.29 is 13.2 Å². The van der Waals surface area contributed by atoms with Crippen LogP contribution in [0, 0.1) is 0 Å². The lowest BCUT2D eigenvalue weighted by atomic mass is 10.2. The first-order valence-electron chi connectivity index (χ1n) is 7.89. The summed E-state index contributed by atoms with van der Waals surface area (Å²) in [6, 6.07) is 27.2. The summed E-state index contributed by atoms with van der Waals surface area (Å²) in [5, 5.41) is 1.20. The van der Waals surface area contributed by atoms with Gasteiger partial charge >= 0.3 is 0 Å². The SMILES string of the molecule is O=S(=O)(/C=C(\OCc1ccccc1)c1ccccc1)c1ccccc1. The third-order valence-corrected chi connectivity index (χ3v) is 5.08. The largest absolute Gasteiger partial charge is 0.488 e. The molecule has 3 aromatic carbocycles. The summed E-state index contributed by atoms with van der Waals surface area (Å²) >= 11 is 0. The average molecular weight is 350 g/mol. The third kappa shape index (κ3) is 4.58. The van der Waals surface area contributed by atoms with Gasteiger partial charge in [0.15, 0.2) is 0 Å². The van der Waals surface area contributed by atoms with Gasteiger partial charge in [-0.2, -0.15) is 0 Å². The first-order valence-corrected chi connectivity index (χ1v) is 9.44. The maximum atomic E-state index is 12.7. The molecule has 0 unspecified atom stereocenters. The lowest BCUT2D eigenvalue weighted by molar-refractivity contribution is 0.265. The highest BCUT2D eigenvalue weighted by atomic mass is 32.2. The summed E-state index contributed by atoms with van der Waals surface area (Å²) in [5.74, 6) is 0.327. The van der Waals surface area contributed by atoms with Gasteiger partial charge in [0.05, 0.1) is 10.3 Å². The Labute approximate surface area is 148 Å². The average Bonchev–Trinajstić information content (AvgIpc) is 2.67. The minimum atomic E-state index is -3.60. The third-order valence-electron chi connectivity index (χ3n) is 3.63. The van der Waals surface area contributed by atoms with E-state index in [4.69, 9.17) is 4.74 Å². The van der Waals surface area contributed by atoms with Crippen LogP contribution in [0.4, 0.5) is 0 Å². The molecule has 0 aliphatic rings. The summed E-state index contributed by atoms with van der Waals surface area (Å²) in [6.07, 6.45) is 0. The van der Waals surface area contributed by atoms with Gasteiger partial charge in [-0.15, -0.1) is 0 Å². The molecular weight excluding hydrogens is 332 g/mol. The summed E-state index contributed by atoms with van der Waals surface area (Å²) in [4.78, 5) is 0.242. The molecule has 0 spiro atoms. The number of benzene rings is 3. The Hall–Kier alpha value is -2.85. The fourth-order valence-electron chi connectivity index (χ4n) is 2.34. The molecule has 0 aliphatic heterocycles. The Morgan fingerprint density at radius 3 is 1.88 bits per heavy atom. The fraction of sp³-hybridized carbons (Fsp3) is 0.0476. The maximum absolute atomic E-state index is 12.7. The van der Waals surface area contributed by atoms with Crippen molar-refractivity contribution in [3.8, 4) is 0 Å². The van der Waals surface area contributed by atoms with Crippen LogP contribution in [0.15, 0.2) is 101 Å². The number of sulfone groups is 1. The van der Waals surface area contributed by atoms with E-state index in [-0.39, 0.29) is 4.90 Å². The lowest BCUT2D eigenvalue weighted by Crippen LogP contribution is -2.01. The minimum absolute atomic E-state index is 0.242. The van der Waals surface area contributed by atoms with E-state index < -0.39 is 9.84 Å². The molecule has 3 nitrogen and oxygen atoms in total. The molecule has 0 atom stereocenters. The van der Waals surface area contributed by atoms with Gasteiger partial charge in [-0.3, -0.25) is 0 Å². The van der Waals surface area contributed by atoms with Crippen molar-refractivity contribution in [3.05, 3.63) is 108 Å². The second kappa shape index (κ2) is 7.81. The van der Waals surface area contributed by atoms with Crippen LogP contribution < -0.4 is 0 Å². The van der Waals surface area contributed by atoms with E-state index in [9.17, 15) is 8.42 Å². The van der Waals surface area contributed by atoms with Crippen LogP contribution in [-0.2, 0) is 21.2 Å². The molecule has 0 N–H and O–H groups in total. The van der Waals surface area contributed by atoms with Crippen LogP contribution in [0.1, 0.15) is 11.1 Å². The van der Waals surface area contributed by atoms with Gasteiger partial charge in [0.25, 0.3) is 0 Å². The van der Waals surface area contributed by atoms with E-state index in [0.717, 1.165) is 11.1 Å². The Morgan fingerprint density at radius 2 is 1.28 bits per heavy atom. The predicted octanol–water partition coefficient (Wildman–Crippen LogP) is 4.68. The van der Waals surface area contributed by atoms with E-state index >= 15 is 0 Å². The van der Waals surface area contributed by atoms with Crippen molar-refractivity contribution in [3.63, 3.8) is 0 Å². The number of ether oxygens (including phenoxy) is 1. The van der Waals surface area contributed by atoms with Gasteiger partial charge in [0.1, 0.15) is 12.4 Å². The summed E-state index contributed by atoms with van der Waals surface area (Å²) in [7, 11) is -3.60. The first kappa shape index (κ1) is 17.0.